The summed E-state index contributed by atoms with van der Waals surface area (Å²) in [7, 11) is 0. The van der Waals surface area contributed by atoms with Gasteiger partial charge in [0.25, 0.3) is 0 Å². The highest BCUT2D eigenvalue weighted by molar-refractivity contribution is 6.10. The third-order valence-electron chi connectivity index (χ3n) is 8.65. The Morgan fingerprint density at radius 1 is 0.511 bits per heavy atom. The summed E-state index contributed by atoms with van der Waals surface area (Å²) in [4.78, 5) is 7.02. The lowest BCUT2D eigenvalue weighted by atomic mass is 10.0. The van der Waals surface area contributed by atoms with Crippen LogP contribution >= 0.6 is 0 Å². The topological polar surface area (TPSA) is 34.2 Å². The second-order valence-electron chi connectivity index (χ2n) is 11.2. The standard InChI is InChI=1S/C41H27N3O/c1-2-12-29(13-3-1)44(38-26-27-42-40-34-17-7-11-21-39(34)45-41(38)40)35-18-8-4-14-31(35)28-22-24-30(25-23-28)43-36-19-9-5-15-32(36)33-16-6-10-20-37(33)43/h1-27H. The number of hydrogen-bond acceptors (Lipinski definition) is 3. The Hall–Kier alpha value is -6.13. The van der Waals surface area contributed by atoms with E-state index in [0.717, 1.165) is 55.9 Å². The molecule has 9 rings (SSSR count). The van der Waals surface area contributed by atoms with E-state index in [9.17, 15) is 0 Å². The smallest absolute Gasteiger partial charge is 0.177 e. The van der Waals surface area contributed by atoms with Crippen molar-refractivity contribution in [2.24, 2.45) is 0 Å². The van der Waals surface area contributed by atoms with E-state index in [1.54, 1.807) is 0 Å². The van der Waals surface area contributed by atoms with Crippen LogP contribution in [0, 0.1) is 0 Å². The van der Waals surface area contributed by atoms with Crippen molar-refractivity contribution < 1.29 is 4.42 Å². The van der Waals surface area contributed by atoms with Crippen molar-refractivity contribution in [3.05, 3.63) is 164 Å². The number of nitrogens with zero attached hydrogens (tertiary/aromatic N) is 3. The zero-order chi connectivity index (χ0) is 29.7. The molecule has 0 unspecified atom stereocenters. The van der Waals surface area contributed by atoms with Gasteiger partial charge in [0.15, 0.2) is 5.58 Å². The highest BCUT2D eigenvalue weighted by atomic mass is 16.3. The number of anilines is 3. The summed E-state index contributed by atoms with van der Waals surface area (Å²) >= 11 is 0. The van der Waals surface area contributed by atoms with Crippen LogP contribution in [-0.2, 0) is 0 Å². The van der Waals surface area contributed by atoms with Gasteiger partial charge in [-0.25, -0.2) is 0 Å². The second kappa shape index (κ2) is 10.2. The van der Waals surface area contributed by atoms with Gasteiger partial charge in [0.1, 0.15) is 11.1 Å². The molecule has 0 bridgehead atoms. The Morgan fingerprint density at radius 3 is 1.89 bits per heavy atom. The van der Waals surface area contributed by atoms with Crippen molar-refractivity contribution in [1.29, 1.82) is 0 Å². The fraction of sp³-hybridized carbons (Fsp3) is 0. The molecule has 0 aliphatic carbocycles. The molecule has 0 aliphatic rings. The van der Waals surface area contributed by atoms with E-state index < -0.39 is 0 Å². The first kappa shape index (κ1) is 25.4. The average Bonchev–Trinajstić information content (AvgIpc) is 3.66. The Morgan fingerprint density at radius 2 is 1.13 bits per heavy atom. The number of rotatable bonds is 5. The van der Waals surface area contributed by atoms with Gasteiger partial charge in [-0.15, -0.1) is 0 Å². The minimum Gasteiger partial charge on any atom is -0.452 e. The number of fused-ring (bicyclic) bond motifs is 6. The molecule has 0 spiro atoms. The minimum atomic E-state index is 0.763. The van der Waals surface area contributed by atoms with E-state index in [0.29, 0.717) is 0 Å². The zero-order valence-corrected chi connectivity index (χ0v) is 24.3. The SMILES string of the molecule is c1ccc(N(c2ccccc2-c2ccc(-n3c4ccccc4c4ccccc43)cc2)c2ccnc3c2oc2ccccc23)cc1. The molecule has 0 saturated carbocycles. The second-order valence-corrected chi connectivity index (χ2v) is 11.2. The first-order chi connectivity index (χ1) is 22.3. The van der Waals surface area contributed by atoms with Gasteiger partial charge in [-0.2, -0.15) is 0 Å². The maximum absolute atomic E-state index is 6.47. The first-order valence-electron chi connectivity index (χ1n) is 15.1. The van der Waals surface area contributed by atoms with E-state index in [1.165, 1.54) is 21.8 Å². The van der Waals surface area contributed by atoms with Crippen molar-refractivity contribution in [2.45, 2.75) is 0 Å². The molecule has 3 heterocycles. The third kappa shape index (κ3) is 4.04. The van der Waals surface area contributed by atoms with Crippen LogP contribution in [0.1, 0.15) is 0 Å². The van der Waals surface area contributed by atoms with Crippen LogP contribution in [0.5, 0.6) is 0 Å². The first-order valence-corrected chi connectivity index (χ1v) is 15.1. The van der Waals surface area contributed by atoms with Gasteiger partial charge in [-0.1, -0.05) is 97.1 Å². The molecule has 0 radical (unpaired) electrons. The average molecular weight is 578 g/mol. The summed E-state index contributed by atoms with van der Waals surface area (Å²) in [6.45, 7) is 0. The molecule has 0 atom stereocenters. The Bertz CT molecular complexity index is 2440. The van der Waals surface area contributed by atoms with Gasteiger partial charge >= 0.3 is 0 Å². The summed E-state index contributed by atoms with van der Waals surface area (Å²) in [5, 5.41) is 3.53. The molecule has 45 heavy (non-hydrogen) atoms. The summed E-state index contributed by atoms with van der Waals surface area (Å²) in [5.41, 5.74) is 11.3. The van der Waals surface area contributed by atoms with Crippen LogP contribution in [-0.4, -0.2) is 9.55 Å². The largest absolute Gasteiger partial charge is 0.452 e. The van der Waals surface area contributed by atoms with Crippen LogP contribution in [0.4, 0.5) is 17.1 Å². The summed E-state index contributed by atoms with van der Waals surface area (Å²) < 4.78 is 8.83. The highest BCUT2D eigenvalue weighted by Crippen LogP contribution is 2.44. The van der Waals surface area contributed by atoms with Gasteiger partial charge in [-0.3, -0.25) is 4.98 Å². The minimum absolute atomic E-state index is 0.763. The molecular weight excluding hydrogens is 550 g/mol. The number of pyridine rings is 1. The lowest BCUT2D eigenvalue weighted by Gasteiger charge is -2.27. The van der Waals surface area contributed by atoms with Crippen molar-refractivity contribution in [2.75, 3.05) is 4.90 Å². The number of furan rings is 1. The van der Waals surface area contributed by atoms with Crippen LogP contribution in [0.2, 0.25) is 0 Å². The molecule has 0 N–H and O–H groups in total. The molecule has 212 valence electrons. The molecule has 0 saturated heterocycles. The molecule has 0 aliphatic heterocycles. The molecule has 3 aromatic heterocycles. The van der Waals surface area contributed by atoms with Crippen molar-refractivity contribution in [3.63, 3.8) is 0 Å². The summed E-state index contributed by atoms with van der Waals surface area (Å²) in [6.07, 6.45) is 1.87. The highest BCUT2D eigenvalue weighted by Gasteiger charge is 2.22. The Labute approximate surface area is 260 Å². The van der Waals surface area contributed by atoms with E-state index in [1.807, 2.05) is 36.5 Å². The van der Waals surface area contributed by atoms with Crippen molar-refractivity contribution >= 4 is 60.9 Å². The molecule has 4 nitrogen and oxygen atoms in total. The van der Waals surface area contributed by atoms with Crippen LogP contribution in [0.3, 0.4) is 0 Å². The summed E-state index contributed by atoms with van der Waals surface area (Å²) in [6, 6.07) is 55.3. The normalized spacial score (nSPS) is 11.6. The van der Waals surface area contributed by atoms with Gasteiger partial charge in [0.05, 0.1) is 22.4 Å². The van der Waals surface area contributed by atoms with Crippen molar-refractivity contribution in [3.8, 4) is 16.8 Å². The Balaban J connectivity index is 1.22. The fourth-order valence-electron chi connectivity index (χ4n) is 6.66. The number of benzene rings is 6. The van der Waals surface area contributed by atoms with Crippen LogP contribution < -0.4 is 4.90 Å². The van der Waals surface area contributed by atoms with Gasteiger partial charge in [-0.05, 0) is 66.2 Å². The maximum atomic E-state index is 6.47. The number of hydrogen-bond donors (Lipinski definition) is 0. The Kier molecular flexibility index (Phi) is 5.78. The van der Waals surface area contributed by atoms with Gasteiger partial charge < -0.3 is 13.9 Å². The van der Waals surface area contributed by atoms with E-state index >= 15 is 0 Å². The predicted octanol–water partition coefficient (Wildman–Crippen LogP) is 11.2. The summed E-state index contributed by atoms with van der Waals surface area (Å²) in [5.74, 6) is 0. The molecule has 4 heteroatoms. The number of aromatic nitrogens is 2. The fourth-order valence-corrected chi connectivity index (χ4v) is 6.66. The van der Waals surface area contributed by atoms with E-state index in [2.05, 4.69) is 137 Å². The van der Waals surface area contributed by atoms with Crippen LogP contribution in [0.15, 0.2) is 168 Å². The molecular formula is C41H27N3O. The molecule has 9 aromatic rings. The predicted molar refractivity (Wildman–Crippen MR) is 186 cm³/mol. The van der Waals surface area contributed by atoms with E-state index in [-0.39, 0.29) is 0 Å². The van der Waals surface area contributed by atoms with Gasteiger partial charge in [0, 0.05) is 39.3 Å². The van der Waals surface area contributed by atoms with E-state index in [4.69, 9.17) is 9.40 Å². The third-order valence-corrected chi connectivity index (χ3v) is 8.65. The molecule has 6 aromatic carbocycles. The zero-order valence-electron chi connectivity index (χ0n) is 24.3. The van der Waals surface area contributed by atoms with Crippen LogP contribution in [0.25, 0.3) is 60.7 Å². The number of para-hydroxylation sites is 5. The maximum Gasteiger partial charge on any atom is 0.177 e. The quantitative estimate of drug-likeness (QED) is 0.204. The molecule has 0 amide bonds. The monoisotopic (exact) mass is 577 g/mol. The van der Waals surface area contributed by atoms with Gasteiger partial charge in [0.2, 0.25) is 0 Å². The van der Waals surface area contributed by atoms with Crippen molar-refractivity contribution in [1.82, 2.24) is 9.55 Å². The molecule has 0 fully saturated rings. The lowest BCUT2D eigenvalue weighted by molar-refractivity contribution is 0.668. The lowest BCUT2D eigenvalue weighted by Crippen LogP contribution is -2.11.